The molecular formula is C16H21FN2O2. The van der Waals surface area contributed by atoms with Crippen molar-refractivity contribution in [2.24, 2.45) is 5.41 Å². The van der Waals surface area contributed by atoms with E-state index in [9.17, 15) is 9.18 Å². The average Bonchev–Trinajstić information content (AvgIpc) is 3.14. The lowest BCUT2D eigenvalue weighted by molar-refractivity contribution is 0.0466. The molecule has 1 aromatic rings. The van der Waals surface area contributed by atoms with E-state index < -0.39 is 5.41 Å². The van der Waals surface area contributed by atoms with Crippen LogP contribution >= 0.6 is 0 Å². The van der Waals surface area contributed by atoms with Crippen LogP contribution in [0, 0.1) is 11.2 Å². The second-order valence-electron chi connectivity index (χ2n) is 5.84. The molecule has 21 heavy (non-hydrogen) atoms. The van der Waals surface area contributed by atoms with Crippen LogP contribution in [0.3, 0.4) is 0 Å². The van der Waals surface area contributed by atoms with Crippen LogP contribution in [0.15, 0.2) is 12.1 Å². The van der Waals surface area contributed by atoms with Gasteiger partial charge in [-0.15, -0.1) is 0 Å². The van der Waals surface area contributed by atoms with Gasteiger partial charge in [-0.2, -0.15) is 0 Å². The summed E-state index contributed by atoms with van der Waals surface area (Å²) in [6.45, 7) is 5.02. The number of ether oxygens (including phenoxy) is 1. The number of hydrogen-bond donors (Lipinski definition) is 2. The maximum atomic E-state index is 14.1. The summed E-state index contributed by atoms with van der Waals surface area (Å²) in [5.74, 6) is -0.333. The Labute approximate surface area is 124 Å². The van der Waals surface area contributed by atoms with Gasteiger partial charge in [0.2, 0.25) is 0 Å². The van der Waals surface area contributed by atoms with E-state index in [1.165, 1.54) is 6.07 Å². The highest BCUT2D eigenvalue weighted by Crippen LogP contribution is 2.34. The number of fused-ring (bicyclic) bond motifs is 1. The van der Waals surface area contributed by atoms with Crippen LogP contribution in [0.25, 0.3) is 0 Å². The first-order valence-electron chi connectivity index (χ1n) is 7.56. The summed E-state index contributed by atoms with van der Waals surface area (Å²) in [5.41, 5.74) is 1.37. The zero-order valence-corrected chi connectivity index (χ0v) is 12.3. The fourth-order valence-electron chi connectivity index (χ4n) is 3.24. The standard InChI is InChI=1S/C16H21FN2O2/c1-2-21-10-16(4-6-18-9-16)15(20)12-7-11-3-5-19-14(11)13(17)8-12/h7-8,18-19H,2-6,9-10H2,1H3. The van der Waals surface area contributed by atoms with Crippen molar-refractivity contribution < 1.29 is 13.9 Å². The SMILES string of the molecule is CCOCC1(C(=O)c2cc(F)c3c(c2)CCN3)CCNC1. The Hall–Kier alpha value is -1.46. The van der Waals surface area contributed by atoms with Crippen molar-refractivity contribution in [3.63, 3.8) is 0 Å². The first-order valence-corrected chi connectivity index (χ1v) is 7.56. The van der Waals surface area contributed by atoms with Gasteiger partial charge in [-0.05, 0) is 44.0 Å². The second-order valence-corrected chi connectivity index (χ2v) is 5.84. The molecule has 0 radical (unpaired) electrons. The lowest BCUT2D eigenvalue weighted by Gasteiger charge is -2.26. The number of Topliss-reactive ketones (excluding diaryl/α,β-unsaturated/α-hetero) is 1. The van der Waals surface area contributed by atoms with Crippen molar-refractivity contribution in [3.05, 3.63) is 29.1 Å². The third-order valence-electron chi connectivity index (χ3n) is 4.44. The monoisotopic (exact) mass is 292 g/mol. The van der Waals surface area contributed by atoms with Crippen LogP contribution in [-0.4, -0.2) is 38.6 Å². The summed E-state index contributed by atoms with van der Waals surface area (Å²) < 4.78 is 19.6. The largest absolute Gasteiger partial charge is 0.382 e. The number of anilines is 1. The van der Waals surface area contributed by atoms with E-state index in [1.807, 2.05) is 13.0 Å². The highest BCUT2D eigenvalue weighted by molar-refractivity contribution is 6.01. The van der Waals surface area contributed by atoms with Gasteiger partial charge in [-0.25, -0.2) is 4.39 Å². The zero-order chi connectivity index (χ0) is 14.9. The number of benzene rings is 1. The molecule has 2 aliphatic rings. The normalized spacial score (nSPS) is 23.9. The molecule has 2 aliphatic heterocycles. The highest BCUT2D eigenvalue weighted by atomic mass is 19.1. The Morgan fingerprint density at radius 1 is 1.43 bits per heavy atom. The smallest absolute Gasteiger partial charge is 0.172 e. The van der Waals surface area contributed by atoms with Gasteiger partial charge in [0.25, 0.3) is 0 Å². The van der Waals surface area contributed by atoms with Crippen LogP contribution in [0.5, 0.6) is 0 Å². The fourth-order valence-corrected chi connectivity index (χ4v) is 3.24. The van der Waals surface area contributed by atoms with E-state index in [0.29, 0.717) is 31.0 Å². The fraction of sp³-hybridized carbons (Fsp3) is 0.562. The molecule has 0 amide bonds. The summed E-state index contributed by atoms with van der Waals surface area (Å²) in [7, 11) is 0. The molecular weight excluding hydrogens is 271 g/mol. The number of nitrogens with one attached hydrogen (secondary N) is 2. The van der Waals surface area contributed by atoms with Gasteiger partial charge in [0.1, 0.15) is 5.82 Å². The lowest BCUT2D eigenvalue weighted by atomic mass is 9.79. The maximum absolute atomic E-state index is 14.1. The van der Waals surface area contributed by atoms with Gasteiger partial charge in [-0.1, -0.05) is 0 Å². The Morgan fingerprint density at radius 3 is 3.00 bits per heavy atom. The number of halogens is 1. The average molecular weight is 292 g/mol. The molecule has 0 aromatic heterocycles. The number of carbonyl (C=O) groups excluding carboxylic acids is 1. The molecule has 1 unspecified atom stereocenters. The predicted molar refractivity (Wildman–Crippen MR) is 79.3 cm³/mol. The van der Waals surface area contributed by atoms with Crippen LogP contribution in [0.1, 0.15) is 29.3 Å². The zero-order valence-electron chi connectivity index (χ0n) is 12.3. The quantitative estimate of drug-likeness (QED) is 0.815. The molecule has 0 saturated carbocycles. The molecule has 1 saturated heterocycles. The molecule has 3 rings (SSSR count). The summed E-state index contributed by atoms with van der Waals surface area (Å²) in [4.78, 5) is 12.9. The van der Waals surface area contributed by atoms with Crippen molar-refractivity contribution in [1.29, 1.82) is 0 Å². The van der Waals surface area contributed by atoms with Gasteiger partial charge in [-0.3, -0.25) is 4.79 Å². The van der Waals surface area contributed by atoms with Gasteiger partial charge in [0, 0.05) is 25.3 Å². The van der Waals surface area contributed by atoms with Crippen molar-refractivity contribution >= 4 is 11.5 Å². The molecule has 1 atom stereocenters. The Balaban J connectivity index is 1.91. The molecule has 4 nitrogen and oxygen atoms in total. The summed E-state index contributed by atoms with van der Waals surface area (Å²) in [6.07, 6.45) is 1.51. The van der Waals surface area contributed by atoms with Gasteiger partial charge in [0.15, 0.2) is 5.78 Å². The summed E-state index contributed by atoms with van der Waals surface area (Å²) >= 11 is 0. The van der Waals surface area contributed by atoms with E-state index in [4.69, 9.17) is 4.74 Å². The minimum Gasteiger partial charge on any atom is -0.382 e. The summed E-state index contributed by atoms with van der Waals surface area (Å²) in [5, 5.41) is 6.26. The molecule has 114 valence electrons. The minimum absolute atomic E-state index is 0.00505. The number of ketones is 1. The second kappa shape index (κ2) is 5.73. The first-order chi connectivity index (χ1) is 10.2. The first kappa shape index (κ1) is 14.5. The van der Waals surface area contributed by atoms with Crippen molar-refractivity contribution in [1.82, 2.24) is 5.32 Å². The third-order valence-corrected chi connectivity index (χ3v) is 4.44. The van der Waals surface area contributed by atoms with E-state index >= 15 is 0 Å². The molecule has 2 N–H and O–H groups in total. The molecule has 1 aromatic carbocycles. The van der Waals surface area contributed by atoms with Gasteiger partial charge in [0.05, 0.1) is 17.7 Å². The van der Waals surface area contributed by atoms with E-state index in [0.717, 1.165) is 31.5 Å². The van der Waals surface area contributed by atoms with Crippen molar-refractivity contribution in [2.75, 3.05) is 38.2 Å². The van der Waals surface area contributed by atoms with Gasteiger partial charge < -0.3 is 15.4 Å². The number of hydrogen-bond acceptors (Lipinski definition) is 4. The van der Waals surface area contributed by atoms with Crippen LogP contribution in [-0.2, 0) is 11.2 Å². The molecule has 0 aliphatic carbocycles. The molecule has 1 fully saturated rings. The molecule has 0 spiro atoms. The van der Waals surface area contributed by atoms with Crippen molar-refractivity contribution in [2.45, 2.75) is 19.8 Å². The Morgan fingerprint density at radius 2 is 2.29 bits per heavy atom. The highest BCUT2D eigenvalue weighted by Gasteiger charge is 2.42. The minimum atomic E-state index is -0.553. The van der Waals surface area contributed by atoms with Gasteiger partial charge >= 0.3 is 0 Å². The molecule has 5 heteroatoms. The van der Waals surface area contributed by atoms with E-state index in [-0.39, 0.29) is 11.6 Å². The topological polar surface area (TPSA) is 50.4 Å². The maximum Gasteiger partial charge on any atom is 0.172 e. The molecule has 2 heterocycles. The Kier molecular flexibility index (Phi) is 3.95. The Bertz CT molecular complexity index is 553. The van der Waals surface area contributed by atoms with Crippen molar-refractivity contribution in [3.8, 4) is 0 Å². The lowest BCUT2D eigenvalue weighted by Crippen LogP contribution is -2.38. The van der Waals surface area contributed by atoms with Crippen LogP contribution in [0.2, 0.25) is 0 Å². The van der Waals surface area contributed by atoms with E-state index in [1.54, 1.807) is 0 Å². The van der Waals surface area contributed by atoms with Crippen LogP contribution < -0.4 is 10.6 Å². The number of rotatable bonds is 5. The molecule has 0 bridgehead atoms. The third kappa shape index (κ3) is 2.56. The number of carbonyl (C=O) groups is 1. The van der Waals surface area contributed by atoms with Crippen LogP contribution in [0.4, 0.5) is 10.1 Å². The predicted octanol–water partition coefficient (Wildman–Crippen LogP) is 1.99. The summed E-state index contributed by atoms with van der Waals surface area (Å²) in [6, 6.07) is 3.21. The van der Waals surface area contributed by atoms with E-state index in [2.05, 4.69) is 10.6 Å².